The van der Waals surface area contributed by atoms with Gasteiger partial charge in [-0.25, -0.2) is 0 Å². The number of aromatic nitrogens is 1. The van der Waals surface area contributed by atoms with Crippen molar-refractivity contribution in [1.82, 2.24) is 15.2 Å². The van der Waals surface area contributed by atoms with Gasteiger partial charge in [0.2, 0.25) is 0 Å². The van der Waals surface area contributed by atoms with E-state index in [4.69, 9.17) is 0 Å². The second-order valence-electron chi connectivity index (χ2n) is 6.60. The molecule has 3 nitrogen and oxygen atoms in total. The van der Waals surface area contributed by atoms with Crippen molar-refractivity contribution in [3.8, 4) is 0 Å². The lowest BCUT2D eigenvalue weighted by atomic mass is 9.79. The normalized spacial score (nSPS) is 18.6. The molecule has 1 saturated carbocycles. The van der Waals surface area contributed by atoms with Crippen LogP contribution in [-0.2, 0) is 6.54 Å². The van der Waals surface area contributed by atoms with Gasteiger partial charge in [-0.2, -0.15) is 0 Å². The molecule has 1 aromatic heterocycles. The monoisotopic (exact) mass is 289 g/mol. The Balaban J connectivity index is 2.02. The van der Waals surface area contributed by atoms with Gasteiger partial charge < -0.3 is 5.32 Å². The van der Waals surface area contributed by atoms with Crippen LogP contribution in [0.15, 0.2) is 24.5 Å². The Morgan fingerprint density at radius 2 is 1.81 bits per heavy atom. The molecule has 118 valence electrons. The lowest BCUT2D eigenvalue weighted by molar-refractivity contribution is 0.128. The van der Waals surface area contributed by atoms with E-state index in [-0.39, 0.29) is 0 Å². The maximum absolute atomic E-state index is 4.12. The summed E-state index contributed by atoms with van der Waals surface area (Å²) in [5.74, 6) is 0. The molecule has 0 saturated heterocycles. The Morgan fingerprint density at radius 1 is 1.14 bits per heavy atom. The highest BCUT2D eigenvalue weighted by Crippen LogP contribution is 2.35. The molecule has 0 unspecified atom stereocenters. The highest BCUT2D eigenvalue weighted by molar-refractivity contribution is 5.09. The zero-order valence-electron chi connectivity index (χ0n) is 13.8. The van der Waals surface area contributed by atoms with Gasteiger partial charge in [-0.15, -0.1) is 0 Å². The molecule has 1 aromatic rings. The summed E-state index contributed by atoms with van der Waals surface area (Å²) in [5.41, 5.74) is 1.84. The SMILES string of the molecule is CCN(Cc1ccncc1)CC1(CNC)CCCCCC1. The molecule has 0 aliphatic heterocycles. The van der Waals surface area contributed by atoms with Crippen LogP contribution in [0.25, 0.3) is 0 Å². The summed E-state index contributed by atoms with van der Waals surface area (Å²) in [4.78, 5) is 6.73. The van der Waals surface area contributed by atoms with E-state index in [1.807, 2.05) is 12.4 Å². The molecular formula is C18H31N3. The molecule has 1 aliphatic rings. The number of pyridine rings is 1. The largest absolute Gasteiger partial charge is 0.319 e. The van der Waals surface area contributed by atoms with E-state index < -0.39 is 0 Å². The molecule has 1 heterocycles. The van der Waals surface area contributed by atoms with Crippen molar-refractivity contribution < 1.29 is 0 Å². The fraction of sp³-hybridized carbons (Fsp3) is 0.722. The topological polar surface area (TPSA) is 28.2 Å². The Hall–Kier alpha value is -0.930. The number of nitrogens with one attached hydrogen (secondary N) is 1. The van der Waals surface area contributed by atoms with E-state index in [0.717, 1.165) is 19.6 Å². The Labute approximate surface area is 130 Å². The molecule has 21 heavy (non-hydrogen) atoms. The van der Waals surface area contributed by atoms with Crippen LogP contribution in [-0.4, -0.2) is 36.6 Å². The lowest BCUT2D eigenvalue weighted by Gasteiger charge is -2.38. The van der Waals surface area contributed by atoms with Gasteiger partial charge in [-0.3, -0.25) is 9.88 Å². The van der Waals surface area contributed by atoms with Crippen molar-refractivity contribution in [3.05, 3.63) is 30.1 Å². The first kappa shape index (κ1) is 16.4. The summed E-state index contributed by atoms with van der Waals surface area (Å²) >= 11 is 0. The van der Waals surface area contributed by atoms with Gasteiger partial charge in [0.1, 0.15) is 0 Å². The average molecular weight is 289 g/mol. The molecule has 3 heteroatoms. The fourth-order valence-electron chi connectivity index (χ4n) is 3.74. The summed E-state index contributed by atoms with van der Waals surface area (Å²) in [6.07, 6.45) is 12.2. The van der Waals surface area contributed by atoms with Gasteiger partial charge in [0.05, 0.1) is 0 Å². The van der Waals surface area contributed by atoms with E-state index in [2.05, 4.69) is 41.3 Å². The summed E-state index contributed by atoms with van der Waals surface area (Å²) in [7, 11) is 2.10. The molecule has 0 amide bonds. The van der Waals surface area contributed by atoms with Crippen LogP contribution in [0.1, 0.15) is 51.0 Å². The van der Waals surface area contributed by atoms with E-state index >= 15 is 0 Å². The van der Waals surface area contributed by atoms with Crippen LogP contribution in [0.3, 0.4) is 0 Å². The van der Waals surface area contributed by atoms with Gasteiger partial charge in [-0.05, 0) is 49.5 Å². The van der Waals surface area contributed by atoms with Crippen LogP contribution in [0.5, 0.6) is 0 Å². The first-order valence-corrected chi connectivity index (χ1v) is 8.54. The molecule has 0 bridgehead atoms. The second-order valence-corrected chi connectivity index (χ2v) is 6.60. The molecule has 2 rings (SSSR count). The summed E-state index contributed by atoms with van der Waals surface area (Å²) in [6, 6.07) is 4.28. The lowest BCUT2D eigenvalue weighted by Crippen LogP contribution is -2.43. The number of nitrogens with zero attached hydrogens (tertiary/aromatic N) is 2. The van der Waals surface area contributed by atoms with Crippen LogP contribution >= 0.6 is 0 Å². The van der Waals surface area contributed by atoms with Crippen molar-refractivity contribution in [2.24, 2.45) is 5.41 Å². The van der Waals surface area contributed by atoms with Gasteiger partial charge >= 0.3 is 0 Å². The number of hydrogen-bond donors (Lipinski definition) is 1. The van der Waals surface area contributed by atoms with Crippen LogP contribution in [0, 0.1) is 5.41 Å². The van der Waals surface area contributed by atoms with Crippen LogP contribution < -0.4 is 5.32 Å². The molecule has 0 spiro atoms. The Kier molecular flexibility index (Phi) is 6.65. The average Bonchev–Trinajstić information content (AvgIpc) is 2.74. The standard InChI is InChI=1S/C18H31N3/c1-3-21(14-17-8-12-20-13-9-17)16-18(15-19-2)10-6-4-5-7-11-18/h8-9,12-13,19H,3-7,10-11,14-16H2,1-2H3. The Bertz CT molecular complexity index is 383. The highest BCUT2D eigenvalue weighted by atomic mass is 15.1. The zero-order valence-corrected chi connectivity index (χ0v) is 13.8. The van der Waals surface area contributed by atoms with Gasteiger partial charge in [-0.1, -0.05) is 32.6 Å². The van der Waals surface area contributed by atoms with Crippen molar-refractivity contribution in [2.75, 3.05) is 26.7 Å². The van der Waals surface area contributed by atoms with Gasteiger partial charge in [0.25, 0.3) is 0 Å². The maximum Gasteiger partial charge on any atom is 0.0271 e. The van der Waals surface area contributed by atoms with E-state index in [1.54, 1.807) is 0 Å². The molecule has 1 fully saturated rings. The van der Waals surface area contributed by atoms with E-state index in [9.17, 15) is 0 Å². The second kappa shape index (κ2) is 8.50. The third-order valence-electron chi connectivity index (χ3n) is 4.88. The minimum absolute atomic E-state index is 0.467. The molecule has 1 N–H and O–H groups in total. The predicted molar refractivity (Wildman–Crippen MR) is 89.2 cm³/mol. The van der Waals surface area contributed by atoms with Crippen molar-refractivity contribution in [3.63, 3.8) is 0 Å². The van der Waals surface area contributed by atoms with Crippen molar-refractivity contribution in [1.29, 1.82) is 0 Å². The van der Waals surface area contributed by atoms with Crippen molar-refractivity contribution in [2.45, 2.75) is 52.0 Å². The zero-order chi connectivity index (χ0) is 15.0. The quantitative estimate of drug-likeness (QED) is 0.779. The fourth-order valence-corrected chi connectivity index (χ4v) is 3.74. The molecular weight excluding hydrogens is 258 g/mol. The third-order valence-corrected chi connectivity index (χ3v) is 4.88. The molecule has 1 aliphatic carbocycles. The number of hydrogen-bond acceptors (Lipinski definition) is 3. The number of rotatable bonds is 7. The smallest absolute Gasteiger partial charge is 0.0271 e. The van der Waals surface area contributed by atoms with Crippen LogP contribution in [0.2, 0.25) is 0 Å². The summed E-state index contributed by atoms with van der Waals surface area (Å²) in [6.45, 7) is 6.82. The third kappa shape index (κ3) is 5.08. The maximum atomic E-state index is 4.12. The van der Waals surface area contributed by atoms with Gasteiger partial charge in [0.15, 0.2) is 0 Å². The Morgan fingerprint density at radius 3 is 2.38 bits per heavy atom. The first-order valence-electron chi connectivity index (χ1n) is 8.54. The molecule has 0 radical (unpaired) electrons. The van der Waals surface area contributed by atoms with Crippen molar-refractivity contribution >= 4 is 0 Å². The van der Waals surface area contributed by atoms with Crippen LogP contribution in [0.4, 0.5) is 0 Å². The molecule has 0 atom stereocenters. The minimum Gasteiger partial charge on any atom is -0.319 e. The minimum atomic E-state index is 0.467. The van der Waals surface area contributed by atoms with E-state index in [1.165, 1.54) is 50.6 Å². The van der Waals surface area contributed by atoms with Gasteiger partial charge in [0, 0.05) is 32.0 Å². The predicted octanol–water partition coefficient (Wildman–Crippen LogP) is 3.46. The first-order chi connectivity index (χ1) is 10.3. The van der Waals surface area contributed by atoms with E-state index in [0.29, 0.717) is 5.41 Å². The highest BCUT2D eigenvalue weighted by Gasteiger charge is 2.31. The molecule has 0 aromatic carbocycles. The summed E-state index contributed by atoms with van der Waals surface area (Å²) in [5, 5.41) is 3.46. The summed E-state index contributed by atoms with van der Waals surface area (Å²) < 4.78 is 0.